The number of imidazole rings is 1. The van der Waals surface area contributed by atoms with Crippen LogP contribution in [0.25, 0.3) is 11.0 Å². The molecule has 0 amide bonds. The van der Waals surface area contributed by atoms with Crippen molar-refractivity contribution in [3.05, 3.63) is 30.1 Å². The van der Waals surface area contributed by atoms with Gasteiger partial charge in [-0.1, -0.05) is 25.5 Å². The van der Waals surface area contributed by atoms with Crippen molar-refractivity contribution >= 4 is 17.0 Å². The average molecular weight is 275 g/mol. The normalized spacial score (nSPS) is 11.3. The third-order valence-corrected chi connectivity index (χ3v) is 3.33. The summed E-state index contributed by atoms with van der Waals surface area (Å²) in [5, 5.41) is 9.08. The van der Waals surface area contributed by atoms with E-state index >= 15 is 0 Å². The summed E-state index contributed by atoms with van der Waals surface area (Å²) in [5.74, 6) is -0.0298. The molecule has 20 heavy (non-hydrogen) atoms. The van der Waals surface area contributed by atoms with Crippen molar-refractivity contribution in [2.45, 2.75) is 32.9 Å². The molecule has 5 heteroatoms. The number of carboxylic acid groups (broad SMARTS) is 1. The Hall–Kier alpha value is -1.88. The quantitative estimate of drug-likeness (QED) is 0.842. The van der Waals surface area contributed by atoms with E-state index in [9.17, 15) is 4.79 Å². The SMILES string of the molecule is CCCCN(C)Cc1nc2ccccc2n1CC(=O)O. The maximum Gasteiger partial charge on any atom is 0.323 e. The molecule has 1 aromatic heterocycles. The van der Waals surface area contributed by atoms with E-state index in [0.29, 0.717) is 6.54 Å². The van der Waals surface area contributed by atoms with Crippen LogP contribution in [0.5, 0.6) is 0 Å². The van der Waals surface area contributed by atoms with Gasteiger partial charge in [0.05, 0.1) is 17.6 Å². The molecule has 1 aromatic carbocycles. The van der Waals surface area contributed by atoms with Crippen LogP contribution in [0.15, 0.2) is 24.3 Å². The van der Waals surface area contributed by atoms with E-state index in [1.54, 1.807) is 4.57 Å². The van der Waals surface area contributed by atoms with Crippen LogP contribution >= 0.6 is 0 Å². The summed E-state index contributed by atoms with van der Waals surface area (Å²) in [6.45, 7) is 3.78. The lowest BCUT2D eigenvalue weighted by Crippen LogP contribution is -2.22. The number of aromatic nitrogens is 2. The van der Waals surface area contributed by atoms with Crippen molar-refractivity contribution in [3.63, 3.8) is 0 Å². The molecule has 1 heterocycles. The van der Waals surface area contributed by atoms with Crippen LogP contribution in [0.3, 0.4) is 0 Å². The predicted molar refractivity (Wildman–Crippen MR) is 78.6 cm³/mol. The number of hydrogen-bond donors (Lipinski definition) is 1. The number of unbranched alkanes of at least 4 members (excludes halogenated alkanes) is 1. The third kappa shape index (κ3) is 3.36. The first-order valence-electron chi connectivity index (χ1n) is 6.96. The van der Waals surface area contributed by atoms with Gasteiger partial charge in [-0.2, -0.15) is 0 Å². The molecule has 0 atom stereocenters. The van der Waals surface area contributed by atoms with Gasteiger partial charge >= 0.3 is 5.97 Å². The van der Waals surface area contributed by atoms with Crippen LogP contribution in [-0.4, -0.2) is 39.1 Å². The largest absolute Gasteiger partial charge is 0.480 e. The molecule has 1 N–H and O–H groups in total. The summed E-state index contributed by atoms with van der Waals surface area (Å²) in [5.41, 5.74) is 1.74. The molecule has 0 spiro atoms. The zero-order valence-corrected chi connectivity index (χ0v) is 12.0. The maximum atomic E-state index is 11.1. The van der Waals surface area contributed by atoms with E-state index in [0.717, 1.165) is 36.2 Å². The summed E-state index contributed by atoms with van der Waals surface area (Å²) in [6.07, 6.45) is 2.28. The van der Waals surface area contributed by atoms with Gasteiger partial charge < -0.3 is 9.67 Å². The Morgan fingerprint density at radius 2 is 2.15 bits per heavy atom. The van der Waals surface area contributed by atoms with Crippen molar-refractivity contribution < 1.29 is 9.90 Å². The Morgan fingerprint density at radius 3 is 2.85 bits per heavy atom. The van der Waals surface area contributed by atoms with Gasteiger partial charge in [0.1, 0.15) is 12.4 Å². The highest BCUT2D eigenvalue weighted by Crippen LogP contribution is 2.17. The predicted octanol–water partition coefficient (Wildman–Crippen LogP) is 2.35. The molecule has 0 saturated carbocycles. The minimum atomic E-state index is -0.842. The van der Waals surface area contributed by atoms with Gasteiger partial charge in [-0.3, -0.25) is 9.69 Å². The van der Waals surface area contributed by atoms with Gasteiger partial charge in [-0.15, -0.1) is 0 Å². The van der Waals surface area contributed by atoms with Crippen LogP contribution in [0.2, 0.25) is 0 Å². The second kappa shape index (κ2) is 6.52. The Morgan fingerprint density at radius 1 is 1.40 bits per heavy atom. The minimum absolute atomic E-state index is 0.0442. The van der Waals surface area contributed by atoms with E-state index in [1.165, 1.54) is 0 Å². The molecule has 108 valence electrons. The summed E-state index contributed by atoms with van der Waals surface area (Å²) in [7, 11) is 2.04. The molecule has 2 aromatic rings. The lowest BCUT2D eigenvalue weighted by Gasteiger charge is -2.16. The highest BCUT2D eigenvalue weighted by molar-refractivity contribution is 5.78. The van der Waals surface area contributed by atoms with Crippen molar-refractivity contribution in [3.8, 4) is 0 Å². The van der Waals surface area contributed by atoms with Gasteiger partial charge in [-0.05, 0) is 32.1 Å². The molecule has 0 aliphatic rings. The van der Waals surface area contributed by atoms with Crippen molar-refractivity contribution in [2.24, 2.45) is 0 Å². The molecule has 0 bridgehead atoms. The fourth-order valence-corrected chi connectivity index (χ4v) is 2.31. The molecule has 0 saturated heterocycles. The zero-order valence-electron chi connectivity index (χ0n) is 12.0. The number of fused-ring (bicyclic) bond motifs is 1. The summed E-state index contributed by atoms with van der Waals surface area (Å²) >= 11 is 0. The van der Waals surface area contributed by atoms with E-state index in [4.69, 9.17) is 5.11 Å². The molecular formula is C15H21N3O2. The number of nitrogens with zero attached hydrogens (tertiary/aromatic N) is 3. The van der Waals surface area contributed by atoms with E-state index in [2.05, 4.69) is 16.8 Å². The molecule has 2 rings (SSSR count). The first kappa shape index (κ1) is 14.5. The van der Waals surface area contributed by atoms with Crippen molar-refractivity contribution in [1.82, 2.24) is 14.5 Å². The van der Waals surface area contributed by atoms with Crippen LogP contribution < -0.4 is 0 Å². The number of rotatable bonds is 7. The minimum Gasteiger partial charge on any atom is -0.480 e. The lowest BCUT2D eigenvalue weighted by molar-refractivity contribution is -0.137. The van der Waals surface area contributed by atoms with E-state index in [-0.39, 0.29) is 6.54 Å². The van der Waals surface area contributed by atoms with Gasteiger partial charge in [-0.25, -0.2) is 4.98 Å². The standard InChI is InChI=1S/C15H21N3O2/c1-3-4-9-17(2)10-14-16-12-7-5-6-8-13(12)18(14)11-15(19)20/h5-8H,3-4,9-11H2,1-2H3,(H,19,20). The van der Waals surface area contributed by atoms with Crippen molar-refractivity contribution in [1.29, 1.82) is 0 Å². The average Bonchev–Trinajstić information content (AvgIpc) is 2.74. The highest BCUT2D eigenvalue weighted by atomic mass is 16.4. The first-order valence-corrected chi connectivity index (χ1v) is 6.96. The molecule has 5 nitrogen and oxygen atoms in total. The van der Waals surface area contributed by atoms with E-state index < -0.39 is 5.97 Å². The fraction of sp³-hybridized carbons (Fsp3) is 0.467. The summed E-state index contributed by atoms with van der Waals surface area (Å²) < 4.78 is 1.79. The fourth-order valence-electron chi connectivity index (χ4n) is 2.31. The highest BCUT2D eigenvalue weighted by Gasteiger charge is 2.14. The van der Waals surface area contributed by atoms with E-state index in [1.807, 2.05) is 31.3 Å². The summed E-state index contributed by atoms with van der Waals surface area (Å²) in [6, 6.07) is 7.67. The lowest BCUT2D eigenvalue weighted by atomic mass is 10.3. The van der Waals surface area contributed by atoms with Gasteiger partial charge in [0.15, 0.2) is 0 Å². The number of aliphatic carboxylic acids is 1. The first-order chi connectivity index (χ1) is 9.61. The molecule has 0 fully saturated rings. The summed E-state index contributed by atoms with van der Waals surface area (Å²) in [4.78, 5) is 17.8. The number of para-hydroxylation sites is 2. The Balaban J connectivity index is 2.28. The second-order valence-electron chi connectivity index (χ2n) is 5.09. The number of carbonyl (C=O) groups is 1. The molecular weight excluding hydrogens is 254 g/mol. The van der Waals surface area contributed by atoms with Crippen LogP contribution in [0, 0.1) is 0 Å². The third-order valence-electron chi connectivity index (χ3n) is 3.33. The maximum absolute atomic E-state index is 11.1. The van der Waals surface area contributed by atoms with Crippen LogP contribution in [0.1, 0.15) is 25.6 Å². The Labute approximate surface area is 118 Å². The smallest absolute Gasteiger partial charge is 0.323 e. The number of carboxylic acids is 1. The second-order valence-corrected chi connectivity index (χ2v) is 5.09. The topological polar surface area (TPSA) is 58.4 Å². The molecule has 0 aliphatic heterocycles. The number of hydrogen-bond acceptors (Lipinski definition) is 3. The Kier molecular flexibility index (Phi) is 4.74. The van der Waals surface area contributed by atoms with Gasteiger partial charge in [0.25, 0.3) is 0 Å². The number of benzene rings is 1. The monoisotopic (exact) mass is 275 g/mol. The van der Waals surface area contributed by atoms with Crippen molar-refractivity contribution in [2.75, 3.05) is 13.6 Å². The van der Waals surface area contributed by atoms with Gasteiger partial charge in [0.2, 0.25) is 0 Å². The van der Waals surface area contributed by atoms with Crippen LogP contribution in [0.4, 0.5) is 0 Å². The van der Waals surface area contributed by atoms with Gasteiger partial charge in [0, 0.05) is 0 Å². The Bertz CT molecular complexity index is 592. The molecule has 0 aliphatic carbocycles. The molecule has 0 unspecified atom stereocenters. The van der Waals surface area contributed by atoms with Crippen LogP contribution in [-0.2, 0) is 17.9 Å². The zero-order chi connectivity index (χ0) is 14.5. The molecule has 0 radical (unpaired) electrons.